The molecule has 1 saturated carbocycles. The first-order valence-electron chi connectivity index (χ1n) is 6.10. The third-order valence-corrected chi connectivity index (χ3v) is 3.76. The molecule has 3 rings (SSSR count). The van der Waals surface area contributed by atoms with Crippen LogP contribution in [-0.2, 0) is 0 Å². The van der Waals surface area contributed by atoms with E-state index in [0.29, 0.717) is 12.1 Å². The highest BCUT2D eigenvalue weighted by molar-refractivity contribution is 5.24. The highest BCUT2D eigenvalue weighted by Crippen LogP contribution is 2.30. The first kappa shape index (κ1) is 9.61. The Morgan fingerprint density at radius 2 is 1.87 bits per heavy atom. The summed E-state index contributed by atoms with van der Waals surface area (Å²) in [6.45, 7) is 3.35. The van der Waals surface area contributed by atoms with Crippen molar-refractivity contribution in [3.8, 4) is 0 Å². The fourth-order valence-electron chi connectivity index (χ4n) is 2.91. The fraction of sp³-hybridized carbons (Fsp3) is 0.615. The van der Waals surface area contributed by atoms with Gasteiger partial charge in [0.1, 0.15) is 6.67 Å². The number of fused-ring (bicyclic) bond motifs is 1. The molecule has 0 bridgehead atoms. The average Bonchev–Trinajstić information content (AvgIpc) is 2.74. The van der Waals surface area contributed by atoms with E-state index in [2.05, 4.69) is 41.2 Å². The van der Waals surface area contributed by atoms with Gasteiger partial charge >= 0.3 is 0 Å². The van der Waals surface area contributed by atoms with E-state index in [4.69, 9.17) is 0 Å². The van der Waals surface area contributed by atoms with E-state index in [1.807, 2.05) is 0 Å². The van der Waals surface area contributed by atoms with Gasteiger partial charge in [0.15, 0.2) is 0 Å². The van der Waals surface area contributed by atoms with Crippen molar-refractivity contribution in [1.82, 2.24) is 10.2 Å². The van der Waals surface area contributed by atoms with Crippen molar-refractivity contribution in [1.29, 1.82) is 0 Å². The largest absolute Gasteiger partial charge is 0.285 e. The minimum Gasteiger partial charge on any atom is -0.285 e. The van der Waals surface area contributed by atoms with Gasteiger partial charge in [-0.05, 0) is 12.8 Å². The third-order valence-electron chi connectivity index (χ3n) is 3.76. The molecule has 0 aromatic rings. The molecular formula is C13H18N2. The molecule has 0 aromatic carbocycles. The quantitative estimate of drug-likeness (QED) is 0.700. The molecule has 80 valence electrons. The molecule has 1 saturated heterocycles. The molecular weight excluding hydrogens is 184 g/mol. The Labute approximate surface area is 92.0 Å². The van der Waals surface area contributed by atoms with Crippen LogP contribution in [0.2, 0.25) is 0 Å². The molecule has 0 amide bonds. The highest BCUT2D eigenvalue weighted by Gasteiger charge is 2.36. The van der Waals surface area contributed by atoms with Gasteiger partial charge in [-0.3, -0.25) is 10.2 Å². The SMILES string of the molecule is [C]1NC2C=CC=CC2N1C1CCCCC1. The Balaban J connectivity index is 1.71. The van der Waals surface area contributed by atoms with Gasteiger partial charge in [0.2, 0.25) is 0 Å². The highest BCUT2D eigenvalue weighted by atomic mass is 15.3. The predicted octanol–water partition coefficient (Wildman–Crippen LogP) is 2.08. The van der Waals surface area contributed by atoms with Crippen molar-refractivity contribution in [2.45, 2.75) is 50.2 Å². The van der Waals surface area contributed by atoms with Crippen LogP contribution in [-0.4, -0.2) is 23.0 Å². The van der Waals surface area contributed by atoms with Crippen LogP contribution in [0.3, 0.4) is 0 Å². The van der Waals surface area contributed by atoms with E-state index in [9.17, 15) is 0 Å². The average molecular weight is 202 g/mol. The Kier molecular flexibility index (Phi) is 2.63. The summed E-state index contributed by atoms with van der Waals surface area (Å²) in [5.74, 6) is 0. The molecule has 2 unspecified atom stereocenters. The minimum absolute atomic E-state index is 0.455. The van der Waals surface area contributed by atoms with E-state index in [-0.39, 0.29) is 0 Å². The summed E-state index contributed by atoms with van der Waals surface area (Å²) in [5.41, 5.74) is 0. The van der Waals surface area contributed by atoms with E-state index in [1.165, 1.54) is 32.1 Å². The molecule has 2 fully saturated rings. The monoisotopic (exact) mass is 202 g/mol. The summed E-state index contributed by atoms with van der Waals surface area (Å²) in [7, 11) is 0. The summed E-state index contributed by atoms with van der Waals surface area (Å²) >= 11 is 0. The van der Waals surface area contributed by atoms with E-state index in [0.717, 1.165) is 6.04 Å². The lowest BCUT2D eigenvalue weighted by Gasteiger charge is -2.34. The van der Waals surface area contributed by atoms with E-state index in [1.54, 1.807) is 0 Å². The van der Waals surface area contributed by atoms with Gasteiger partial charge in [0.05, 0.1) is 0 Å². The lowest BCUT2D eigenvalue weighted by atomic mass is 9.92. The minimum atomic E-state index is 0.455. The van der Waals surface area contributed by atoms with Gasteiger partial charge in [0, 0.05) is 18.1 Å². The summed E-state index contributed by atoms with van der Waals surface area (Å²) < 4.78 is 0. The van der Waals surface area contributed by atoms with Crippen LogP contribution >= 0.6 is 0 Å². The molecule has 0 aromatic heterocycles. The van der Waals surface area contributed by atoms with Gasteiger partial charge < -0.3 is 0 Å². The molecule has 0 spiro atoms. The number of rotatable bonds is 1. The zero-order valence-electron chi connectivity index (χ0n) is 9.02. The number of nitrogens with one attached hydrogen (secondary N) is 1. The van der Waals surface area contributed by atoms with Crippen LogP contribution in [0, 0.1) is 6.67 Å². The van der Waals surface area contributed by atoms with Gasteiger partial charge in [-0.15, -0.1) is 0 Å². The summed E-state index contributed by atoms with van der Waals surface area (Å²) in [6.07, 6.45) is 15.7. The molecule has 1 aliphatic heterocycles. The first-order valence-corrected chi connectivity index (χ1v) is 6.10. The standard InChI is InChI=1S/C13H18N2/c1-2-6-11(7-3-1)15-10-14-12-8-4-5-9-13(12)15/h4-5,8-9,11-14H,1-3,6-7H2. The van der Waals surface area contributed by atoms with Crippen molar-refractivity contribution in [2.24, 2.45) is 0 Å². The lowest BCUT2D eigenvalue weighted by molar-refractivity contribution is 0.187. The molecule has 1 N–H and O–H groups in total. The summed E-state index contributed by atoms with van der Waals surface area (Å²) in [6, 6.07) is 1.69. The van der Waals surface area contributed by atoms with Gasteiger partial charge in [0.25, 0.3) is 0 Å². The van der Waals surface area contributed by atoms with Gasteiger partial charge in [-0.1, -0.05) is 43.6 Å². The molecule has 2 atom stereocenters. The van der Waals surface area contributed by atoms with Crippen LogP contribution in [0.4, 0.5) is 0 Å². The zero-order valence-corrected chi connectivity index (χ0v) is 9.02. The van der Waals surface area contributed by atoms with Crippen LogP contribution in [0.5, 0.6) is 0 Å². The molecule has 2 heteroatoms. The fourth-order valence-corrected chi connectivity index (χ4v) is 2.91. The van der Waals surface area contributed by atoms with Crippen LogP contribution in [0.25, 0.3) is 0 Å². The van der Waals surface area contributed by atoms with Crippen molar-refractivity contribution in [3.63, 3.8) is 0 Å². The predicted molar refractivity (Wildman–Crippen MR) is 60.9 cm³/mol. The van der Waals surface area contributed by atoms with Crippen LogP contribution in [0.1, 0.15) is 32.1 Å². The van der Waals surface area contributed by atoms with Gasteiger partial charge in [-0.25, -0.2) is 0 Å². The Hall–Kier alpha value is -0.600. The second kappa shape index (κ2) is 4.11. The molecule has 1 heterocycles. The molecule has 2 aliphatic carbocycles. The molecule has 3 aliphatic rings. The molecule has 2 nitrogen and oxygen atoms in total. The zero-order chi connectivity index (χ0) is 10.1. The van der Waals surface area contributed by atoms with Gasteiger partial charge in [-0.2, -0.15) is 0 Å². The van der Waals surface area contributed by atoms with E-state index >= 15 is 0 Å². The van der Waals surface area contributed by atoms with E-state index < -0.39 is 0 Å². The summed E-state index contributed by atoms with van der Waals surface area (Å²) in [4.78, 5) is 2.42. The number of hydrogen-bond acceptors (Lipinski definition) is 2. The maximum Gasteiger partial charge on any atom is 0.144 e. The van der Waals surface area contributed by atoms with Crippen LogP contribution < -0.4 is 5.32 Å². The maximum atomic E-state index is 3.35. The van der Waals surface area contributed by atoms with Crippen molar-refractivity contribution < 1.29 is 0 Å². The second-order valence-corrected chi connectivity index (χ2v) is 4.74. The Morgan fingerprint density at radius 1 is 1.07 bits per heavy atom. The first-order chi connectivity index (χ1) is 7.45. The van der Waals surface area contributed by atoms with Crippen molar-refractivity contribution in [2.75, 3.05) is 0 Å². The Morgan fingerprint density at radius 3 is 2.73 bits per heavy atom. The maximum absolute atomic E-state index is 3.35. The molecule has 15 heavy (non-hydrogen) atoms. The number of nitrogens with zero attached hydrogens (tertiary/aromatic N) is 1. The number of allylic oxidation sites excluding steroid dienone is 2. The lowest BCUT2D eigenvalue weighted by Crippen LogP contribution is -2.41. The molecule has 2 radical (unpaired) electrons. The number of hydrogen-bond donors (Lipinski definition) is 1. The topological polar surface area (TPSA) is 15.3 Å². The Bertz CT molecular complexity index is 276. The smallest absolute Gasteiger partial charge is 0.144 e. The third kappa shape index (κ3) is 1.77. The summed E-state index contributed by atoms with van der Waals surface area (Å²) in [5, 5.41) is 3.34. The normalized spacial score (nSPS) is 37.1. The second-order valence-electron chi connectivity index (χ2n) is 4.74. The van der Waals surface area contributed by atoms with Crippen molar-refractivity contribution >= 4 is 0 Å². The van der Waals surface area contributed by atoms with Crippen LogP contribution in [0.15, 0.2) is 24.3 Å². The van der Waals surface area contributed by atoms with Crippen molar-refractivity contribution in [3.05, 3.63) is 31.0 Å².